The second kappa shape index (κ2) is 6.29. The lowest BCUT2D eigenvalue weighted by Gasteiger charge is -2.25. The summed E-state index contributed by atoms with van der Waals surface area (Å²) in [6.45, 7) is 5.52. The van der Waals surface area contributed by atoms with Gasteiger partial charge in [-0.2, -0.15) is 0 Å². The molecule has 21 heavy (non-hydrogen) atoms. The van der Waals surface area contributed by atoms with Crippen LogP contribution in [0.3, 0.4) is 0 Å². The second-order valence-electron chi connectivity index (χ2n) is 5.65. The van der Waals surface area contributed by atoms with Crippen molar-refractivity contribution in [2.24, 2.45) is 0 Å². The van der Waals surface area contributed by atoms with E-state index in [0.29, 0.717) is 5.75 Å². The molecule has 0 heterocycles. The molecule has 3 heteroatoms. The van der Waals surface area contributed by atoms with Crippen molar-refractivity contribution >= 4 is 0 Å². The predicted octanol–water partition coefficient (Wildman–Crippen LogP) is 3.33. The van der Waals surface area contributed by atoms with Gasteiger partial charge in [0.2, 0.25) is 0 Å². The van der Waals surface area contributed by atoms with Gasteiger partial charge in [-0.1, -0.05) is 42.0 Å². The molecule has 0 aliphatic heterocycles. The van der Waals surface area contributed by atoms with Crippen LogP contribution < -0.4 is 4.74 Å². The normalized spacial score (nSPS) is 15.3. The van der Waals surface area contributed by atoms with Gasteiger partial charge >= 0.3 is 0 Å². The van der Waals surface area contributed by atoms with E-state index in [-0.39, 0.29) is 6.61 Å². The Kier molecular flexibility index (Phi) is 4.66. The average Bonchev–Trinajstić information content (AvgIpc) is 2.47. The molecular formula is C18H22O3. The molecule has 0 saturated heterocycles. The van der Waals surface area contributed by atoms with E-state index in [9.17, 15) is 10.2 Å². The van der Waals surface area contributed by atoms with Gasteiger partial charge in [0.15, 0.2) is 0 Å². The van der Waals surface area contributed by atoms with Crippen LogP contribution >= 0.6 is 0 Å². The highest BCUT2D eigenvalue weighted by Gasteiger charge is 2.24. The molecule has 0 saturated carbocycles. The molecule has 0 fully saturated rings. The highest BCUT2D eigenvalue weighted by Crippen LogP contribution is 2.28. The maximum atomic E-state index is 10.5. The minimum absolute atomic E-state index is 0.125. The molecule has 2 N–H and O–H groups in total. The molecule has 0 aliphatic rings. The average molecular weight is 286 g/mol. The lowest BCUT2D eigenvalue weighted by Crippen LogP contribution is -2.29. The number of hydrogen-bond donors (Lipinski definition) is 2. The fourth-order valence-electron chi connectivity index (χ4n) is 2.22. The molecule has 0 radical (unpaired) electrons. The van der Waals surface area contributed by atoms with E-state index in [4.69, 9.17) is 4.74 Å². The fourth-order valence-corrected chi connectivity index (χ4v) is 2.22. The standard InChI is InChI=1S/C18H22O3/c1-13-9-10-17(16(11-13)14(2)19)21-12-18(3,20)15-7-5-4-6-8-15/h4-11,14,19-20H,12H2,1-3H3. The number of hydrogen-bond acceptors (Lipinski definition) is 3. The highest BCUT2D eigenvalue weighted by molar-refractivity contribution is 5.38. The fraction of sp³-hybridized carbons (Fsp3) is 0.333. The Morgan fingerprint density at radius 1 is 1.14 bits per heavy atom. The first-order valence-corrected chi connectivity index (χ1v) is 7.09. The van der Waals surface area contributed by atoms with E-state index in [1.807, 2.05) is 55.5 Å². The largest absolute Gasteiger partial charge is 0.490 e. The van der Waals surface area contributed by atoms with E-state index in [1.54, 1.807) is 13.8 Å². The summed E-state index contributed by atoms with van der Waals surface area (Å²) in [6, 6.07) is 15.1. The first-order valence-electron chi connectivity index (χ1n) is 7.09. The summed E-state index contributed by atoms with van der Waals surface area (Å²) in [5.74, 6) is 0.604. The second-order valence-corrected chi connectivity index (χ2v) is 5.65. The van der Waals surface area contributed by atoms with Crippen molar-refractivity contribution in [3.8, 4) is 5.75 Å². The Hall–Kier alpha value is -1.84. The molecule has 2 rings (SSSR count). The van der Waals surface area contributed by atoms with Crippen molar-refractivity contribution in [3.05, 3.63) is 65.2 Å². The molecule has 0 amide bonds. The molecule has 3 nitrogen and oxygen atoms in total. The van der Waals surface area contributed by atoms with Crippen molar-refractivity contribution in [2.45, 2.75) is 32.5 Å². The van der Waals surface area contributed by atoms with Crippen LogP contribution in [0.25, 0.3) is 0 Å². The summed E-state index contributed by atoms with van der Waals surface area (Å²) in [5.41, 5.74) is 1.52. The maximum Gasteiger partial charge on any atom is 0.125 e. The summed E-state index contributed by atoms with van der Waals surface area (Å²) in [4.78, 5) is 0. The van der Waals surface area contributed by atoms with E-state index in [2.05, 4.69) is 0 Å². The van der Waals surface area contributed by atoms with Gasteiger partial charge in [-0.25, -0.2) is 0 Å². The van der Waals surface area contributed by atoms with Gasteiger partial charge < -0.3 is 14.9 Å². The van der Waals surface area contributed by atoms with Crippen molar-refractivity contribution in [1.82, 2.24) is 0 Å². The number of aliphatic hydroxyl groups is 2. The van der Waals surface area contributed by atoms with Crippen LogP contribution in [0.4, 0.5) is 0 Å². The lowest BCUT2D eigenvalue weighted by atomic mass is 9.97. The van der Waals surface area contributed by atoms with E-state index >= 15 is 0 Å². The number of ether oxygens (including phenoxy) is 1. The summed E-state index contributed by atoms with van der Waals surface area (Å²) in [5, 5.41) is 20.4. The van der Waals surface area contributed by atoms with Crippen LogP contribution in [0.15, 0.2) is 48.5 Å². The molecule has 2 unspecified atom stereocenters. The van der Waals surface area contributed by atoms with Crippen molar-refractivity contribution in [1.29, 1.82) is 0 Å². The Morgan fingerprint density at radius 3 is 2.43 bits per heavy atom. The van der Waals surface area contributed by atoms with Gasteiger partial charge in [0, 0.05) is 5.56 Å². The summed E-state index contributed by atoms with van der Waals surface area (Å²) >= 11 is 0. The van der Waals surface area contributed by atoms with Gasteiger partial charge in [-0.15, -0.1) is 0 Å². The molecule has 0 aromatic heterocycles. The molecule has 0 bridgehead atoms. The van der Waals surface area contributed by atoms with Gasteiger partial charge in [0.25, 0.3) is 0 Å². The zero-order chi connectivity index (χ0) is 15.5. The van der Waals surface area contributed by atoms with Crippen LogP contribution in [-0.2, 0) is 5.60 Å². The van der Waals surface area contributed by atoms with Crippen molar-refractivity contribution < 1.29 is 14.9 Å². The van der Waals surface area contributed by atoms with Gasteiger partial charge in [0.1, 0.15) is 18.0 Å². The lowest BCUT2D eigenvalue weighted by molar-refractivity contribution is 0.00656. The number of aryl methyl sites for hydroxylation is 1. The van der Waals surface area contributed by atoms with Crippen molar-refractivity contribution in [2.75, 3.05) is 6.61 Å². The molecule has 0 aliphatic carbocycles. The zero-order valence-electron chi connectivity index (χ0n) is 12.7. The summed E-state index contributed by atoms with van der Waals surface area (Å²) in [6.07, 6.45) is -0.610. The molecule has 2 atom stereocenters. The molecule has 2 aromatic carbocycles. The smallest absolute Gasteiger partial charge is 0.125 e. The maximum absolute atomic E-state index is 10.5. The van der Waals surface area contributed by atoms with Gasteiger partial charge in [0.05, 0.1) is 6.10 Å². The zero-order valence-corrected chi connectivity index (χ0v) is 12.7. The molecule has 2 aromatic rings. The Labute approximate surface area is 125 Å². The van der Waals surface area contributed by atoms with Crippen LogP contribution in [-0.4, -0.2) is 16.8 Å². The third kappa shape index (κ3) is 3.84. The third-order valence-corrected chi connectivity index (χ3v) is 3.52. The summed E-state index contributed by atoms with van der Waals surface area (Å²) in [7, 11) is 0. The first kappa shape index (κ1) is 15.5. The number of benzene rings is 2. The Bertz CT molecular complexity index is 589. The Balaban J connectivity index is 2.16. The van der Waals surface area contributed by atoms with Gasteiger partial charge in [-0.05, 0) is 38.5 Å². The topological polar surface area (TPSA) is 49.7 Å². The minimum atomic E-state index is -1.08. The summed E-state index contributed by atoms with van der Waals surface area (Å²) < 4.78 is 5.76. The quantitative estimate of drug-likeness (QED) is 0.886. The van der Waals surface area contributed by atoms with E-state index < -0.39 is 11.7 Å². The first-order chi connectivity index (χ1) is 9.90. The van der Waals surface area contributed by atoms with Crippen LogP contribution in [0.5, 0.6) is 5.75 Å². The van der Waals surface area contributed by atoms with E-state index in [1.165, 1.54) is 0 Å². The predicted molar refractivity (Wildman–Crippen MR) is 83.3 cm³/mol. The molecule has 0 spiro atoms. The number of aliphatic hydroxyl groups excluding tert-OH is 1. The Morgan fingerprint density at radius 2 is 1.81 bits per heavy atom. The molecule has 112 valence electrons. The number of rotatable bonds is 5. The minimum Gasteiger partial charge on any atom is -0.490 e. The van der Waals surface area contributed by atoms with Crippen LogP contribution in [0.2, 0.25) is 0 Å². The monoisotopic (exact) mass is 286 g/mol. The van der Waals surface area contributed by atoms with E-state index in [0.717, 1.165) is 16.7 Å². The van der Waals surface area contributed by atoms with Gasteiger partial charge in [-0.3, -0.25) is 0 Å². The third-order valence-electron chi connectivity index (χ3n) is 3.52. The SMILES string of the molecule is Cc1ccc(OCC(C)(O)c2ccccc2)c(C(C)O)c1. The highest BCUT2D eigenvalue weighted by atomic mass is 16.5. The molecular weight excluding hydrogens is 264 g/mol. The van der Waals surface area contributed by atoms with Crippen LogP contribution in [0.1, 0.15) is 36.6 Å². The van der Waals surface area contributed by atoms with Crippen LogP contribution in [0, 0.1) is 6.92 Å². The van der Waals surface area contributed by atoms with Crippen molar-refractivity contribution in [3.63, 3.8) is 0 Å².